The maximum absolute atomic E-state index is 10.7. The van der Waals surface area contributed by atoms with Crippen LogP contribution in [-0.4, -0.2) is 17.2 Å². The van der Waals surface area contributed by atoms with Crippen molar-refractivity contribution in [2.75, 3.05) is 0 Å². The quantitative estimate of drug-likeness (QED) is 0.781. The normalized spacial score (nSPS) is 19.4. The molecule has 2 heteroatoms. The van der Waals surface area contributed by atoms with Crippen molar-refractivity contribution in [1.82, 2.24) is 5.32 Å². The maximum atomic E-state index is 10.7. The highest BCUT2D eigenvalue weighted by molar-refractivity contribution is 5.25. The predicted molar refractivity (Wildman–Crippen MR) is 89.5 cm³/mol. The zero-order valence-corrected chi connectivity index (χ0v) is 13.6. The standard InChI is InChI=1S/C19H31NO/c1-3-8-15-11-13-16(14-12-15)19(21)18(4-2)20-17-9-6-5-7-10-17/h11-14,17-21H,3-10H2,1-2H3. The molecule has 0 bridgehead atoms. The summed E-state index contributed by atoms with van der Waals surface area (Å²) >= 11 is 0. The first kappa shape index (κ1) is 16.5. The zero-order valence-electron chi connectivity index (χ0n) is 13.6. The van der Waals surface area contributed by atoms with E-state index in [2.05, 4.69) is 43.4 Å². The molecule has 2 nitrogen and oxygen atoms in total. The smallest absolute Gasteiger partial charge is 0.0942 e. The summed E-state index contributed by atoms with van der Waals surface area (Å²) < 4.78 is 0. The van der Waals surface area contributed by atoms with E-state index in [0.29, 0.717) is 6.04 Å². The molecule has 1 aliphatic rings. The van der Waals surface area contributed by atoms with E-state index in [9.17, 15) is 5.11 Å². The van der Waals surface area contributed by atoms with Crippen LogP contribution in [0.2, 0.25) is 0 Å². The molecule has 0 saturated heterocycles. The van der Waals surface area contributed by atoms with Crippen LogP contribution in [0.5, 0.6) is 0 Å². The van der Waals surface area contributed by atoms with Crippen LogP contribution in [0, 0.1) is 0 Å². The second-order valence-electron chi connectivity index (χ2n) is 6.45. The Morgan fingerprint density at radius 3 is 2.33 bits per heavy atom. The van der Waals surface area contributed by atoms with Gasteiger partial charge in [-0.25, -0.2) is 0 Å². The summed E-state index contributed by atoms with van der Waals surface area (Å²) in [6.45, 7) is 4.36. The van der Waals surface area contributed by atoms with Crippen LogP contribution in [0.3, 0.4) is 0 Å². The molecule has 0 heterocycles. The fourth-order valence-electron chi connectivity index (χ4n) is 3.41. The Labute approximate surface area is 130 Å². The number of nitrogens with one attached hydrogen (secondary N) is 1. The first-order valence-electron chi connectivity index (χ1n) is 8.77. The monoisotopic (exact) mass is 289 g/mol. The lowest BCUT2D eigenvalue weighted by atomic mass is 9.92. The van der Waals surface area contributed by atoms with E-state index in [1.165, 1.54) is 44.1 Å². The van der Waals surface area contributed by atoms with Crippen molar-refractivity contribution in [3.8, 4) is 0 Å². The van der Waals surface area contributed by atoms with Gasteiger partial charge in [0.2, 0.25) is 0 Å². The minimum atomic E-state index is -0.396. The predicted octanol–water partition coefficient (Wildman–Crippen LogP) is 4.37. The summed E-state index contributed by atoms with van der Waals surface area (Å²) in [4.78, 5) is 0. The first-order valence-corrected chi connectivity index (χ1v) is 8.77. The Morgan fingerprint density at radius 1 is 1.10 bits per heavy atom. The lowest BCUT2D eigenvalue weighted by Gasteiger charge is -2.31. The minimum Gasteiger partial charge on any atom is -0.387 e. The van der Waals surface area contributed by atoms with Gasteiger partial charge in [0.25, 0.3) is 0 Å². The van der Waals surface area contributed by atoms with Crippen molar-refractivity contribution in [2.24, 2.45) is 0 Å². The van der Waals surface area contributed by atoms with Crippen molar-refractivity contribution >= 4 is 0 Å². The van der Waals surface area contributed by atoms with Gasteiger partial charge in [0.15, 0.2) is 0 Å². The van der Waals surface area contributed by atoms with Gasteiger partial charge >= 0.3 is 0 Å². The Balaban J connectivity index is 1.95. The van der Waals surface area contributed by atoms with E-state index in [1.807, 2.05) is 0 Å². The summed E-state index contributed by atoms with van der Waals surface area (Å²) in [5.74, 6) is 0. The number of aryl methyl sites for hydroxylation is 1. The van der Waals surface area contributed by atoms with Crippen LogP contribution in [0.25, 0.3) is 0 Å². The van der Waals surface area contributed by atoms with Crippen LogP contribution in [0.15, 0.2) is 24.3 Å². The molecule has 21 heavy (non-hydrogen) atoms. The SMILES string of the molecule is CCCc1ccc(C(O)C(CC)NC2CCCCC2)cc1. The molecule has 0 aromatic heterocycles. The first-order chi connectivity index (χ1) is 10.2. The largest absolute Gasteiger partial charge is 0.387 e. The molecule has 0 amide bonds. The molecular formula is C19H31NO. The maximum Gasteiger partial charge on any atom is 0.0942 e. The highest BCUT2D eigenvalue weighted by Crippen LogP contribution is 2.24. The highest BCUT2D eigenvalue weighted by atomic mass is 16.3. The summed E-state index contributed by atoms with van der Waals surface area (Å²) in [7, 11) is 0. The van der Waals surface area contributed by atoms with Crippen LogP contribution < -0.4 is 5.32 Å². The van der Waals surface area contributed by atoms with Gasteiger partial charge in [-0.15, -0.1) is 0 Å². The molecule has 1 saturated carbocycles. The second kappa shape index (κ2) is 8.55. The van der Waals surface area contributed by atoms with Crippen LogP contribution >= 0.6 is 0 Å². The third-order valence-corrected chi connectivity index (χ3v) is 4.74. The summed E-state index contributed by atoms with van der Waals surface area (Å²) in [6.07, 6.45) is 9.41. The molecular weight excluding hydrogens is 258 g/mol. The van der Waals surface area contributed by atoms with Crippen molar-refractivity contribution < 1.29 is 5.11 Å². The summed E-state index contributed by atoms with van der Waals surface area (Å²) in [5.41, 5.74) is 2.41. The fraction of sp³-hybridized carbons (Fsp3) is 0.684. The molecule has 1 fully saturated rings. The molecule has 0 aliphatic heterocycles. The van der Waals surface area contributed by atoms with Gasteiger partial charge in [0.1, 0.15) is 0 Å². The van der Waals surface area contributed by atoms with E-state index in [-0.39, 0.29) is 6.04 Å². The number of aliphatic hydroxyl groups excluding tert-OH is 1. The molecule has 1 aliphatic carbocycles. The van der Waals surface area contributed by atoms with Gasteiger partial charge in [-0.3, -0.25) is 0 Å². The van der Waals surface area contributed by atoms with E-state index >= 15 is 0 Å². The summed E-state index contributed by atoms with van der Waals surface area (Å²) in [5, 5.41) is 14.4. The fourth-order valence-corrected chi connectivity index (χ4v) is 3.41. The Kier molecular flexibility index (Phi) is 6.72. The van der Waals surface area contributed by atoms with Crippen LogP contribution in [0.1, 0.15) is 76.0 Å². The summed E-state index contributed by atoms with van der Waals surface area (Å²) in [6, 6.07) is 9.29. The third-order valence-electron chi connectivity index (χ3n) is 4.74. The molecule has 118 valence electrons. The number of hydrogen-bond donors (Lipinski definition) is 2. The molecule has 1 aromatic carbocycles. The van der Waals surface area contributed by atoms with Crippen molar-refractivity contribution in [1.29, 1.82) is 0 Å². The van der Waals surface area contributed by atoms with E-state index in [4.69, 9.17) is 0 Å². The van der Waals surface area contributed by atoms with Crippen LogP contribution in [-0.2, 0) is 6.42 Å². The van der Waals surface area contributed by atoms with Gasteiger partial charge in [0.05, 0.1) is 6.10 Å². The average Bonchev–Trinajstić information content (AvgIpc) is 2.54. The van der Waals surface area contributed by atoms with Gasteiger partial charge in [-0.1, -0.05) is 63.8 Å². The average molecular weight is 289 g/mol. The molecule has 0 radical (unpaired) electrons. The number of hydrogen-bond acceptors (Lipinski definition) is 2. The van der Waals surface area contributed by atoms with Gasteiger partial charge in [-0.05, 0) is 36.8 Å². The van der Waals surface area contributed by atoms with Gasteiger partial charge in [0, 0.05) is 12.1 Å². The van der Waals surface area contributed by atoms with E-state index < -0.39 is 6.10 Å². The number of aliphatic hydroxyl groups is 1. The highest BCUT2D eigenvalue weighted by Gasteiger charge is 2.23. The molecule has 2 rings (SSSR count). The number of benzene rings is 1. The van der Waals surface area contributed by atoms with Crippen LogP contribution in [0.4, 0.5) is 0 Å². The molecule has 0 spiro atoms. The topological polar surface area (TPSA) is 32.3 Å². The second-order valence-corrected chi connectivity index (χ2v) is 6.45. The van der Waals surface area contributed by atoms with Crippen molar-refractivity contribution in [2.45, 2.75) is 83.4 Å². The third kappa shape index (κ3) is 4.82. The minimum absolute atomic E-state index is 0.171. The Bertz CT molecular complexity index is 395. The molecule has 2 atom stereocenters. The molecule has 2 N–H and O–H groups in total. The van der Waals surface area contributed by atoms with Crippen molar-refractivity contribution in [3.63, 3.8) is 0 Å². The van der Waals surface area contributed by atoms with E-state index in [0.717, 1.165) is 18.4 Å². The lowest BCUT2D eigenvalue weighted by Crippen LogP contribution is -2.42. The van der Waals surface area contributed by atoms with Gasteiger partial charge in [-0.2, -0.15) is 0 Å². The molecule has 2 unspecified atom stereocenters. The Hall–Kier alpha value is -0.860. The van der Waals surface area contributed by atoms with E-state index in [1.54, 1.807) is 0 Å². The Morgan fingerprint density at radius 2 is 1.76 bits per heavy atom. The van der Waals surface area contributed by atoms with Gasteiger partial charge < -0.3 is 10.4 Å². The van der Waals surface area contributed by atoms with Crippen molar-refractivity contribution in [3.05, 3.63) is 35.4 Å². The molecule has 1 aromatic rings. The number of rotatable bonds is 7. The lowest BCUT2D eigenvalue weighted by molar-refractivity contribution is 0.114. The zero-order chi connectivity index (χ0) is 15.1.